The Balaban J connectivity index is 1.23. The zero-order valence-corrected chi connectivity index (χ0v) is 24.5. The lowest BCUT2D eigenvalue weighted by atomic mass is 9.92. The monoisotopic (exact) mass is 608 g/mol. The van der Waals surface area contributed by atoms with Crippen LogP contribution in [0.15, 0.2) is 59.2 Å². The third-order valence-electron chi connectivity index (χ3n) is 8.20. The summed E-state index contributed by atoms with van der Waals surface area (Å²) in [5, 5.41) is 6.12. The number of ether oxygens (including phenoxy) is 1. The zero-order chi connectivity index (χ0) is 28.4. The number of rotatable bonds is 7. The SMILES string of the molecule is COc1cccc(C(=O)NC2CC3CCCN(c4ccc(C(=O)NC(C)c5ccc(Br)cc5F)cn4)C3C2)c1C. The maximum absolute atomic E-state index is 14.3. The Bertz CT molecular complexity index is 1400. The molecule has 3 aromatic rings. The molecule has 7 nitrogen and oxygen atoms in total. The van der Waals surface area contributed by atoms with Crippen LogP contribution >= 0.6 is 15.9 Å². The average molecular weight is 610 g/mol. The van der Waals surface area contributed by atoms with Crippen LogP contribution in [0.1, 0.15) is 70.5 Å². The van der Waals surface area contributed by atoms with E-state index in [-0.39, 0.29) is 29.7 Å². The van der Waals surface area contributed by atoms with Crippen molar-refractivity contribution in [2.45, 2.75) is 57.7 Å². The number of nitrogens with one attached hydrogen (secondary N) is 2. The zero-order valence-electron chi connectivity index (χ0n) is 22.9. The van der Waals surface area contributed by atoms with E-state index in [0.29, 0.717) is 32.8 Å². The van der Waals surface area contributed by atoms with Gasteiger partial charge < -0.3 is 20.3 Å². The Morgan fingerprint density at radius 2 is 1.98 bits per heavy atom. The maximum Gasteiger partial charge on any atom is 0.253 e. The number of benzene rings is 2. The number of nitrogens with zero attached hydrogens (tertiary/aromatic N) is 2. The number of piperidine rings is 1. The molecule has 2 N–H and O–H groups in total. The first kappa shape index (κ1) is 28.1. The molecule has 1 aliphatic heterocycles. The third kappa shape index (κ3) is 5.84. The predicted octanol–water partition coefficient (Wildman–Crippen LogP) is 5.97. The Morgan fingerprint density at radius 1 is 1.15 bits per heavy atom. The number of amides is 2. The van der Waals surface area contributed by atoms with Crippen molar-refractivity contribution >= 4 is 33.6 Å². The van der Waals surface area contributed by atoms with Crippen LogP contribution in [0.4, 0.5) is 10.2 Å². The van der Waals surface area contributed by atoms with Gasteiger partial charge in [0.1, 0.15) is 17.4 Å². The number of hydrogen-bond acceptors (Lipinski definition) is 5. The minimum Gasteiger partial charge on any atom is -0.496 e. The quantitative estimate of drug-likeness (QED) is 0.345. The summed E-state index contributed by atoms with van der Waals surface area (Å²) in [4.78, 5) is 32.9. The molecule has 1 aromatic heterocycles. The Hall–Kier alpha value is -3.46. The summed E-state index contributed by atoms with van der Waals surface area (Å²) in [7, 11) is 1.61. The van der Waals surface area contributed by atoms with Gasteiger partial charge in [-0.15, -0.1) is 0 Å². The fourth-order valence-corrected chi connectivity index (χ4v) is 6.47. The second-order valence-corrected chi connectivity index (χ2v) is 11.6. The molecule has 40 heavy (non-hydrogen) atoms. The minimum absolute atomic E-state index is 0.0719. The van der Waals surface area contributed by atoms with E-state index in [1.165, 1.54) is 6.07 Å². The second-order valence-electron chi connectivity index (χ2n) is 10.7. The number of carbonyl (C=O) groups is 2. The van der Waals surface area contributed by atoms with Crippen LogP contribution in [0.2, 0.25) is 0 Å². The van der Waals surface area contributed by atoms with E-state index in [0.717, 1.165) is 43.6 Å². The molecular weight excluding hydrogens is 575 g/mol. The van der Waals surface area contributed by atoms with E-state index in [9.17, 15) is 14.0 Å². The van der Waals surface area contributed by atoms with Gasteiger partial charge in [-0.1, -0.05) is 28.1 Å². The lowest BCUT2D eigenvalue weighted by Crippen LogP contribution is -2.43. The molecule has 0 radical (unpaired) electrons. The van der Waals surface area contributed by atoms with Gasteiger partial charge in [0.2, 0.25) is 0 Å². The Morgan fingerprint density at radius 3 is 2.70 bits per heavy atom. The van der Waals surface area contributed by atoms with Crippen molar-refractivity contribution in [2.24, 2.45) is 5.92 Å². The number of methoxy groups -OCH3 is 1. The predicted molar refractivity (Wildman–Crippen MR) is 156 cm³/mol. The number of hydrogen-bond donors (Lipinski definition) is 2. The molecule has 2 aromatic carbocycles. The highest BCUT2D eigenvalue weighted by Gasteiger charge is 2.41. The smallest absolute Gasteiger partial charge is 0.253 e. The highest BCUT2D eigenvalue weighted by atomic mass is 79.9. The normalized spacial score (nSPS) is 20.9. The fourth-order valence-electron chi connectivity index (χ4n) is 6.13. The summed E-state index contributed by atoms with van der Waals surface area (Å²) >= 11 is 3.26. The molecule has 210 valence electrons. The maximum atomic E-state index is 14.3. The molecule has 4 atom stereocenters. The summed E-state index contributed by atoms with van der Waals surface area (Å²) in [6.45, 7) is 4.54. The topological polar surface area (TPSA) is 83.6 Å². The van der Waals surface area contributed by atoms with Crippen molar-refractivity contribution < 1.29 is 18.7 Å². The molecule has 2 heterocycles. The molecule has 9 heteroatoms. The van der Waals surface area contributed by atoms with Gasteiger partial charge in [-0.2, -0.15) is 0 Å². The lowest BCUT2D eigenvalue weighted by molar-refractivity contribution is 0.0929. The van der Waals surface area contributed by atoms with E-state index in [1.54, 1.807) is 38.4 Å². The highest BCUT2D eigenvalue weighted by Crippen LogP contribution is 2.39. The molecule has 5 rings (SSSR count). The van der Waals surface area contributed by atoms with Crippen LogP contribution in [0, 0.1) is 18.7 Å². The van der Waals surface area contributed by atoms with Gasteiger partial charge in [0.15, 0.2) is 0 Å². The number of aromatic nitrogens is 1. The summed E-state index contributed by atoms with van der Waals surface area (Å²) in [5.74, 6) is 1.25. The van der Waals surface area contributed by atoms with Gasteiger partial charge in [0.25, 0.3) is 11.8 Å². The largest absolute Gasteiger partial charge is 0.496 e. The molecule has 1 saturated carbocycles. The molecule has 1 saturated heterocycles. The number of carbonyl (C=O) groups excluding carboxylic acids is 2. The van der Waals surface area contributed by atoms with Gasteiger partial charge in [0, 0.05) is 46.0 Å². The van der Waals surface area contributed by atoms with Crippen molar-refractivity contribution in [2.75, 3.05) is 18.6 Å². The summed E-state index contributed by atoms with van der Waals surface area (Å²) in [6.07, 6.45) is 5.53. The van der Waals surface area contributed by atoms with Crippen LogP contribution in [0.25, 0.3) is 0 Å². The highest BCUT2D eigenvalue weighted by molar-refractivity contribution is 9.10. The second kappa shape index (κ2) is 12.0. The number of pyridine rings is 1. The average Bonchev–Trinajstić information content (AvgIpc) is 3.35. The van der Waals surface area contributed by atoms with Crippen LogP contribution in [0.3, 0.4) is 0 Å². The van der Waals surface area contributed by atoms with E-state index in [2.05, 4.69) is 36.4 Å². The Labute approximate surface area is 242 Å². The van der Waals surface area contributed by atoms with E-state index in [1.807, 2.05) is 31.2 Å². The van der Waals surface area contributed by atoms with Gasteiger partial charge in [-0.25, -0.2) is 9.37 Å². The molecule has 2 aliphatic rings. The third-order valence-corrected chi connectivity index (χ3v) is 8.69. The molecule has 0 spiro atoms. The standard InChI is InChI=1S/C31H34BrFN4O3/c1-18-24(7-4-8-28(18)40-3)31(39)36-23-14-20-6-5-13-37(27(20)16-23)29-12-9-21(17-34-29)30(38)35-19(2)25-11-10-22(32)15-26(25)33/h4,7-12,15,17,19-20,23,27H,5-6,13-14,16H2,1-3H3,(H,35,38)(H,36,39). The van der Waals surface area contributed by atoms with Crippen molar-refractivity contribution in [1.82, 2.24) is 15.6 Å². The number of halogens is 2. The molecule has 0 bridgehead atoms. The molecule has 2 fully saturated rings. The molecule has 1 aliphatic carbocycles. The van der Waals surface area contributed by atoms with E-state index >= 15 is 0 Å². The van der Waals surface area contributed by atoms with Gasteiger partial charge in [-0.05, 0) is 81.8 Å². The van der Waals surface area contributed by atoms with Crippen molar-refractivity contribution in [3.05, 3.63) is 87.3 Å². The lowest BCUT2D eigenvalue weighted by Gasteiger charge is -2.38. The summed E-state index contributed by atoms with van der Waals surface area (Å²) < 4.78 is 20.4. The van der Waals surface area contributed by atoms with Crippen molar-refractivity contribution in [3.63, 3.8) is 0 Å². The van der Waals surface area contributed by atoms with Crippen LogP contribution in [0.5, 0.6) is 5.75 Å². The van der Waals surface area contributed by atoms with Crippen LogP contribution in [-0.4, -0.2) is 42.5 Å². The Kier molecular flexibility index (Phi) is 8.40. The van der Waals surface area contributed by atoms with Gasteiger partial charge >= 0.3 is 0 Å². The summed E-state index contributed by atoms with van der Waals surface area (Å²) in [6, 6.07) is 13.9. The first-order valence-electron chi connectivity index (χ1n) is 13.7. The number of anilines is 1. The van der Waals surface area contributed by atoms with E-state index < -0.39 is 6.04 Å². The van der Waals surface area contributed by atoms with Crippen molar-refractivity contribution in [3.8, 4) is 5.75 Å². The first-order chi connectivity index (χ1) is 19.2. The van der Waals surface area contributed by atoms with Crippen LogP contribution < -0.4 is 20.3 Å². The van der Waals surface area contributed by atoms with Gasteiger partial charge in [-0.3, -0.25) is 9.59 Å². The summed E-state index contributed by atoms with van der Waals surface area (Å²) in [5.41, 5.74) is 2.32. The molecule has 4 unspecified atom stereocenters. The first-order valence-corrected chi connectivity index (χ1v) is 14.5. The van der Waals surface area contributed by atoms with Gasteiger partial charge in [0.05, 0.1) is 18.7 Å². The molecule has 2 amide bonds. The van der Waals surface area contributed by atoms with Crippen molar-refractivity contribution in [1.29, 1.82) is 0 Å². The minimum atomic E-state index is -0.491. The van der Waals surface area contributed by atoms with E-state index in [4.69, 9.17) is 4.74 Å². The van der Waals surface area contributed by atoms with Crippen LogP contribution in [-0.2, 0) is 0 Å². The fraction of sp³-hybridized carbons (Fsp3) is 0.387. The number of fused-ring (bicyclic) bond motifs is 1. The molecular formula is C31H34BrFN4O3.